The first-order valence-corrected chi connectivity index (χ1v) is 8.04. The van der Waals surface area contributed by atoms with Gasteiger partial charge in [-0.2, -0.15) is 14.5 Å². The van der Waals surface area contributed by atoms with Crippen LogP contribution in [0.5, 0.6) is 5.75 Å². The molecule has 0 bridgehead atoms. The number of phenolic OH excluding ortho intramolecular Hbond substituents is 1. The number of urea groups is 1. The summed E-state index contributed by atoms with van der Waals surface area (Å²) in [6.45, 7) is 4.72. The van der Waals surface area contributed by atoms with Crippen LogP contribution in [0, 0.1) is 0 Å². The molecule has 0 aliphatic carbocycles. The molecule has 7 nitrogen and oxygen atoms in total. The molecule has 2 heterocycles. The van der Waals surface area contributed by atoms with Gasteiger partial charge in [-0.15, -0.1) is 0 Å². The maximum atomic E-state index is 12.6. The molecule has 0 aromatic heterocycles. The van der Waals surface area contributed by atoms with Crippen LogP contribution in [0.3, 0.4) is 0 Å². The van der Waals surface area contributed by atoms with Crippen molar-refractivity contribution in [3.05, 3.63) is 29.8 Å². The summed E-state index contributed by atoms with van der Waals surface area (Å²) in [5.41, 5.74) is 0.889. The number of hydrogen-bond donors (Lipinski definition) is 1. The zero-order valence-electron chi connectivity index (χ0n) is 13.7. The van der Waals surface area contributed by atoms with E-state index in [-0.39, 0.29) is 17.5 Å². The van der Waals surface area contributed by atoms with Gasteiger partial charge in [-0.1, -0.05) is 18.8 Å². The molecule has 1 aromatic rings. The second-order valence-electron chi connectivity index (χ2n) is 5.66. The molecular formula is C17H19N4O3+. The fourth-order valence-electron chi connectivity index (χ4n) is 2.70. The average molecular weight is 327 g/mol. The molecule has 124 valence electrons. The van der Waals surface area contributed by atoms with Gasteiger partial charge in [0.05, 0.1) is 13.1 Å². The van der Waals surface area contributed by atoms with Crippen molar-refractivity contribution in [1.29, 1.82) is 0 Å². The van der Waals surface area contributed by atoms with E-state index in [0.29, 0.717) is 36.7 Å². The predicted octanol–water partition coefficient (Wildman–Crippen LogP) is 1.79. The number of aromatic hydroxyl groups is 1. The van der Waals surface area contributed by atoms with E-state index < -0.39 is 5.91 Å². The molecule has 0 spiro atoms. The van der Waals surface area contributed by atoms with Crippen LogP contribution in [0.15, 0.2) is 34.3 Å². The molecule has 7 heteroatoms. The number of fused-ring (bicyclic) bond motifs is 1. The molecule has 3 amide bonds. The third-order valence-corrected chi connectivity index (χ3v) is 3.83. The Labute approximate surface area is 139 Å². The Bertz CT molecular complexity index is 791. The highest BCUT2D eigenvalue weighted by Gasteiger charge is 2.47. The van der Waals surface area contributed by atoms with Crippen LogP contribution < -0.4 is 0 Å². The lowest BCUT2D eigenvalue weighted by molar-refractivity contribution is -0.435. The number of amides is 3. The number of imide groups is 1. The van der Waals surface area contributed by atoms with E-state index >= 15 is 0 Å². The smallest absolute Gasteiger partial charge is 0.446 e. The van der Waals surface area contributed by atoms with Gasteiger partial charge in [0, 0.05) is 5.56 Å². The van der Waals surface area contributed by atoms with E-state index in [0.717, 1.165) is 6.42 Å². The molecule has 1 N–H and O–H groups in total. The first-order chi connectivity index (χ1) is 11.6. The summed E-state index contributed by atoms with van der Waals surface area (Å²) in [5.74, 6) is 0.438. The average Bonchev–Trinajstić information content (AvgIpc) is 3.01. The molecular weight excluding hydrogens is 308 g/mol. The van der Waals surface area contributed by atoms with E-state index in [2.05, 4.69) is 9.98 Å². The first-order valence-electron chi connectivity index (χ1n) is 8.04. The van der Waals surface area contributed by atoms with Crippen LogP contribution in [-0.4, -0.2) is 57.0 Å². The summed E-state index contributed by atoms with van der Waals surface area (Å²) in [6, 6.07) is 6.08. The maximum Gasteiger partial charge on any atom is 0.446 e. The van der Waals surface area contributed by atoms with Crippen LogP contribution in [0.4, 0.5) is 4.79 Å². The molecule has 3 rings (SSSR count). The Morgan fingerprint density at radius 2 is 1.79 bits per heavy atom. The highest BCUT2D eigenvalue weighted by atomic mass is 16.3. The fourth-order valence-corrected chi connectivity index (χ4v) is 2.70. The topological polar surface area (TPSA) is 85.3 Å². The van der Waals surface area contributed by atoms with Gasteiger partial charge < -0.3 is 5.11 Å². The van der Waals surface area contributed by atoms with Crippen LogP contribution in [0.1, 0.15) is 32.3 Å². The van der Waals surface area contributed by atoms with Crippen molar-refractivity contribution < 1.29 is 19.3 Å². The van der Waals surface area contributed by atoms with Crippen molar-refractivity contribution >= 4 is 29.3 Å². The number of carbonyl (C=O) groups excluding carboxylic acids is 2. The van der Waals surface area contributed by atoms with E-state index in [1.54, 1.807) is 12.1 Å². The summed E-state index contributed by atoms with van der Waals surface area (Å²) in [4.78, 5) is 35.2. The van der Waals surface area contributed by atoms with Gasteiger partial charge >= 0.3 is 17.8 Å². The molecule has 0 unspecified atom stereocenters. The van der Waals surface area contributed by atoms with Gasteiger partial charge in [0.1, 0.15) is 5.75 Å². The van der Waals surface area contributed by atoms with Crippen LogP contribution in [0.2, 0.25) is 0 Å². The van der Waals surface area contributed by atoms with Gasteiger partial charge in [-0.05, 0) is 37.1 Å². The predicted molar refractivity (Wildman–Crippen MR) is 89.9 cm³/mol. The molecule has 2 aliphatic rings. The van der Waals surface area contributed by atoms with Crippen molar-refractivity contribution in [3.8, 4) is 5.75 Å². The summed E-state index contributed by atoms with van der Waals surface area (Å²) in [7, 11) is 0. The fraction of sp³-hybridized carbons (Fsp3) is 0.353. The maximum absolute atomic E-state index is 12.6. The van der Waals surface area contributed by atoms with E-state index in [1.165, 1.54) is 21.6 Å². The lowest BCUT2D eigenvalue weighted by Crippen LogP contribution is -2.54. The largest absolute Gasteiger partial charge is 0.508 e. The number of rotatable bonds is 5. The summed E-state index contributed by atoms with van der Waals surface area (Å²) in [6.07, 6.45) is 1.44. The minimum Gasteiger partial charge on any atom is -0.508 e. The van der Waals surface area contributed by atoms with Crippen molar-refractivity contribution in [2.24, 2.45) is 9.98 Å². The summed E-state index contributed by atoms with van der Waals surface area (Å²) in [5, 5.41) is 9.39. The molecule has 0 fully saturated rings. The van der Waals surface area contributed by atoms with E-state index in [4.69, 9.17) is 0 Å². The minimum atomic E-state index is -0.401. The minimum absolute atomic E-state index is 0.142. The van der Waals surface area contributed by atoms with Crippen molar-refractivity contribution in [1.82, 2.24) is 4.90 Å². The van der Waals surface area contributed by atoms with Crippen molar-refractivity contribution in [3.63, 3.8) is 0 Å². The van der Waals surface area contributed by atoms with E-state index in [9.17, 15) is 14.7 Å². The van der Waals surface area contributed by atoms with Crippen LogP contribution in [-0.2, 0) is 4.79 Å². The molecule has 2 aliphatic heterocycles. The second kappa shape index (κ2) is 6.35. The van der Waals surface area contributed by atoms with Crippen molar-refractivity contribution in [2.45, 2.75) is 26.7 Å². The Morgan fingerprint density at radius 3 is 2.42 bits per heavy atom. The number of aliphatic imine (C=N–C) groups is 2. The van der Waals surface area contributed by atoms with E-state index in [1.807, 2.05) is 13.8 Å². The van der Waals surface area contributed by atoms with Crippen LogP contribution >= 0.6 is 0 Å². The molecule has 0 atom stereocenters. The second-order valence-corrected chi connectivity index (χ2v) is 5.66. The lowest BCUT2D eigenvalue weighted by Gasteiger charge is -2.21. The SMILES string of the molecule is CCCN1C(=O)C2=NC(c3ccc(O)cc3)=NC2=[N+](CCC)C1=O. The highest BCUT2D eigenvalue weighted by molar-refractivity contribution is 6.70. The first kappa shape index (κ1) is 16.0. The van der Waals surface area contributed by atoms with Gasteiger partial charge in [0.2, 0.25) is 11.5 Å². The number of amidine groups is 2. The third-order valence-electron chi connectivity index (χ3n) is 3.83. The van der Waals surface area contributed by atoms with Gasteiger partial charge in [-0.3, -0.25) is 0 Å². The van der Waals surface area contributed by atoms with Crippen molar-refractivity contribution in [2.75, 3.05) is 13.1 Å². The molecule has 0 saturated heterocycles. The zero-order chi connectivity index (χ0) is 17.3. The monoisotopic (exact) mass is 327 g/mol. The third kappa shape index (κ3) is 2.62. The molecule has 0 saturated carbocycles. The molecule has 0 radical (unpaired) electrons. The lowest BCUT2D eigenvalue weighted by atomic mass is 10.2. The van der Waals surface area contributed by atoms with Gasteiger partial charge in [0.15, 0.2) is 0 Å². The Balaban J connectivity index is 2.08. The summed E-state index contributed by atoms with van der Waals surface area (Å²) < 4.78 is 1.52. The normalized spacial score (nSPS) is 17.2. The number of phenols is 1. The number of benzene rings is 1. The number of carbonyl (C=O) groups is 2. The molecule has 1 aromatic carbocycles. The Morgan fingerprint density at radius 1 is 1.08 bits per heavy atom. The standard InChI is InChI=1S/C17H18N4O3/c1-3-9-20-15-13(16(23)21(10-4-2)17(20)24)18-14(19-15)11-5-7-12(22)8-6-11/h5-8H,3-4,9-10H2,1-2H3/p+1. The number of nitrogens with zero attached hydrogens (tertiary/aromatic N) is 4. The Kier molecular flexibility index (Phi) is 4.24. The molecule has 24 heavy (non-hydrogen) atoms. The zero-order valence-corrected chi connectivity index (χ0v) is 13.7. The van der Waals surface area contributed by atoms with Crippen LogP contribution in [0.25, 0.3) is 0 Å². The summed E-state index contributed by atoms with van der Waals surface area (Å²) >= 11 is 0. The van der Waals surface area contributed by atoms with Gasteiger partial charge in [0.25, 0.3) is 0 Å². The number of hydrogen-bond acceptors (Lipinski definition) is 5. The quantitative estimate of drug-likeness (QED) is 0.837. The highest BCUT2D eigenvalue weighted by Crippen LogP contribution is 2.18. The Hall–Kier alpha value is -2.83. The van der Waals surface area contributed by atoms with Gasteiger partial charge in [-0.25, -0.2) is 9.59 Å².